The van der Waals surface area contributed by atoms with Crippen LogP contribution in [-0.4, -0.2) is 165 Å². The van der Waals surface area contributed by atoms with Gasteiger partial charge in [-0.2, -0.15) is 0 Å². The number of ether oxygens (including phenoxy) is 12. The summed E-state index contributed by atoms with van der Waals surface area (Å²) in [5, 5.41) is 10.4. The molecule has 0 aliphatic heterocycles. The quantitative estimate of drug-likeness (QED) is 0.0649. The summed E-state index contributed by atoms with van der Waals surface area (Å²) in [5.41, 5.74) is 1.57. The lowest BCUT2D eigenvalue weighted by Gasteiger charge is -2.36. The molecule has 0 radical (unpaired) electrons. The molecular formula is C44H66O13. The molecule has 320 valence electrons. The lowest BCUT2D eigenvalue weighted by Crippen LogP contribution is -2.41. The zero-order valence-corrected chi connectivity index (χ0v) is 34.1. The number of hydrogen-bond donors (Lipinski definition) is 1. The van der Waals surface area contributed by atoms with Crippen molar-refractivity contribution in [3.63, 3.8) is 0 Å². The first kappa shape index (κ1) is 48.5. The van der Waals surface area contributed by atoms with E-state index in [-0.39, 0.29) is 26.4 Å². The molecule has 0 bridgehead atoms. The van der Waals surface area contributed by atoms with Crippen molar-refractivity contribution >= 4 is 0 Å². The predicted molar refractivity (Wildman–Crippen MR) is 216 cm³/mol. The zero-order valence-electron chi connectivity index (χ0n) is 34.1. The van der Waals surface area contributed by atoms with Gasteiger partial charge in [0.1, 0.15) is 5.60 Å². The van der Waals surface area contributed by atoms with E-state index in [1.807, 2.05) is 54.6 Å². The zero-order chi connectivity index (χ0) is 40.4. The third-order valence-electron chi connectivity index (χ3n) is 8.74. The molecule has 0 unspecified atom stereocenters. The minimum atomic E-state index is -0.790. The molecule has 0 atom stereocenters. The smallest absolute Gasteiger partial charge is 0.143 e. The standard InChI is InChI=1S/C44H66O13/c1-46-18-20-48-22-24-50-28-31-54-37-43(36-45,38-55-32-29-51-25-23-49-21-19-47-2)39-56-33-30-52-26-27-53-34-35-57-44(40-12-6-3-7-13-40,41-14-8-4-9-15-41)42-16-10-5-11-17-42/h3-17,45H,18-39H2,1-2H3. The number of hydrogen-bond acceptors (Lipinski definition) is 13. The minimum absolute atomic E-state index is 0.188. The summed E-state index contributed by atoms with van der Waals surface area (Å²) in [7, 11) is 3.27. The molecule has 0 heterocycles. The predicted octanol–water partition coefficient (Wildman–Crippen LogP) is 4.42. The molecule has 0 aliphatic carbocycles. The Labute approximate surface area is 339 Å². The molecule has 0 aliphatic rings. The van der Waals surface area contributed by atoms with Crippen LogP contribution in [0.1, 0.15) is 16.7 Å². The molecule has 13 heteroatoms. The van der Waals surface area contributed by atoms with E-state index in [0.29, 0.717) is 119 Å². The van der Waals surface area contributed by atoms with Gasteiger partial charge in [-0.05, 0) is 16.7 Å². The van der Waals surface area contributed by atoms with Crippen molar-refractivity contribution in [1.29, 1.82) is 0 Å². The summed E-state index contributed by atoms with van der Waals surface area (Å²) in [6.45, 7) is 8.27. The van der Waals surface area contributed by atoms with Crippen LogP contribution < -0.4 is 0 Å². The summed E-state index contributed by atoms with van der Waals surface area (Å²) < 4.78 is 68.1. The van der Waals surface area contributed by atoms with Crippen LogP contribution in [0.2, 0.25) is 0 Å². The van der Waals surface area contributed by atoms with Crippen molar-refractivity contribution in [2.45, 2.75) is 5.60 Å². The van der Waals surface area contributed by atoms with Crippen LogP contribution in [0.25, 0.3) is 0 Å². The fourth-order valence-electron chi connectivity index (χ4n) is 5.75. The van der Waals surface area contributed by atoms with E-state index in [0.717, 1.165) is 16.7 Å². The first-order valence-electron chi connectivity index (χ1n) is 19.8. The lowest BCUT2D eigenvalue weighted by atomic mass is 9.80. The van der Waals surface area contributed by atoms with Crippen molar-refractivity contribution in [2.75, 3.05) is 160 Å². The van der Waals surface area contributed by atoms with Crippen LogP contribution in [0.4, 0.5) is 0 Å². The average Bonchev–Trinajstić information content (AvgIpc) is 3.26. The molecule has 3 aromatic carbocycles. The maximum absolute atomic E-state index is 10.4. The van der Waals surface area contributed by atoms with Crippen LogP contribution in [-0.2, 0) is 62.4 Å². The third kappa shape index (κ3) is 19.6. The van der Waals surface area contributed by atoms with Gasteiger partial charge in [0.25, 0.3) is 0 Å². The molecular weight excluding hydrogens is 736 g/mol. The van der Waals surface area contributed by atoms with E-state index in [1.54, 1.807) is 14.2 Å². The molecule has 0 aromatic heterocycles. The first-order valence-corrected chi connectivity index (χ1v) is 19.8. The van der Waals surface area contributed by atoms with Crippen LogP contribution in [0.3, 0.4) is 0 Å². The molecule has 0 spiro atoms. The summed E-state index contributed by atoms with van der Waals surface area (Å²) in [4.78, 5) is 0. The van der Waals surface area contributed by atoms with Gasteiger partial charge in [-0.3, -0.25) is 0 Å². The first-order chi connectivity index (χ1) is 28.2. The van der Waals surface area contributed by atoms with Gasteiger partial charge in [-0.25, -0.2) is 0 Å². The number of aliphatic hydroxyl groups excluding tert-OH is 1. The van der Waals surface area contributed by atoms with Crippen molar-refractivity contribution in [3.05, 3.63) is 108 Å². The summed E-state index contributed by atoms with van der Waals surface area (Å²) >= 11 is 0. The molecule has 3 aromatic rings. The summed E-state index contributed by atoms with van der Waals surface area (Å²) in [6, 6.07) is 30.8. The Bertz CT molecular complexity index is 1200. The van der Waals surface area contributed by atoms with Gasteiger partial charge in [0.05, 0.1) is 151 Å². The Hall–Kier alpha value is -2.86. The van der Waals surface area contributed by atoms with Gasteiger partial charge >= 0.3 is 0 Å². The van der Waals surface area contributed by atoms with Gasteiger partial charge in [-0.15, -0.1) is 0 Å². The van der Waals surface area contributed by atoms with E-state index in [2.05, 4.69) is 36.4 Å². The third-order valence-corrected chi connectivity index (χ3v) is 8.74. The number of rotatable bonds is 38. The van der Waals surface area contributed by atoms with Crippen LogP contribution in [0, 0.1) is 5.41 Å². The highest BCUT2D eigenvalue weighted by molar-refractivity contribution is 5.47. The highest BCUT2D eigenvalue weighted by Gasteiger charge is 2.37. The minimum Gasteiger partial charge on any atom is -0.396 e. The normalized spacial score (nSPS) is 12.1. The summed E-state index contributed by atoms with van der Waals surface area (Å²) in [6.07, 6.45) is 0. The van der Waals surface area contributed by atoms with Gasteiger partial charge in [0, 0.05) is 14.2 Å². The van der Waals surface area contributed by atoms with Crippen molar-refractivity contribution < 1.29 is 61.9 Å². The SMILES string of the molecule is COCCOCCOCCOCC(CO)(COCCOCCOCCOC)COCCOCCOCCOC(c1ccccc1)(c1ccccc1)c1ccccc1. The molecule has 0 saturated carbocycles. The Morgan fingerprint density at radius 1 is 0.351 bits per heavy atom. The van der Waals surface area contributed by atoms with Gasteiger partial charge in [0.2, 0.25) is 0 Å². The van der Waals surface area contributed by atoms with Crippen LogP contribution in [0.15, 0.2) is 91.0 Å². The molecule has 3 rings (SSSR count). The van der Waals surface area contributed by atoms with Crippen LogP contribution in [0.5, 0.6) is 0 Å². The molecule has 13 nitrogen and oxygen atoms in total. The second-order valence-corrected chi connectivity index (χ2v) is 13.1. The van der Waals surface area contributed by atoms with E-state index in [1.165, 1.54) is 0 Å². The average molecular weight is 803 g/mol. The Morgan fingerprint density at radius 2 is 0.614 bits per heavy atom. The van der Waals surface area contributed by atoms with Crippen molar-refractivity contribution in [2.24, 2.45) is 5.41 Å². The van der Waals surface area contributed by atoms with Crippen LogP contribution >= 0.6 is 0 Å². The Balaban J connectivity index is 1.37. The Kier molecular flexibility index (Phi) is 27.3. The van der Waals surface area contributed by atoms with E-state index in [9.17, 15) is 5.11 Å². The van der Waals surface area contributed by atoms with Gasteiger partial charge in [-0.1, -0.05) is 91.0 Å². The van der Waals surface area contributed by atoms with E-state index >= 15 is 0 Å². The van der Waals surface area contributed by atoms with E-state index in [4.69, 9.17) is 56.8 Å². The maximum Gasteiger partial charge on any atom is 0.143 e. The van der Waals surface area contributed by atoms with Crippen molar-refractivity contribution in [1.82, 2.24) is 0 Å². The van der Waals surface area contributed by atoms with Gasteiger partial charge < -0.3 is 61.9 Å². The van der Waals surface area contributed by atoms with Gasteiger partial charge in [0.15, 0.2) is 0 Å². The lowest BCUT2D eigenvalue weighted by molar-refractivity contribution is -0.109. The molecule has 57 heavy (non-hydrogen) atoms. The molecule has 0 fully saturated rings. The topological polar surface area (TPSA) is 131 Å². The fraction of sp³-hybridized carbons (Fsp3) is 0.591. The largest absolute Gasteiger partial charge is 0.396 e. The maximum atomic E-state index is 10.4. The second kappa shape index (κ2) is 32.0. The number of benzene rings is 3. The monoisotopic (exact) mass is 802 g/mol. The highest BCUT2D eigenvalue weighted by atomic mass is 16.6. The highest BCUT2D eigenvalue weighted by Crippen LogP contribution is 2.40. The second-order valence-electron chi connectivity index (χ2n) is 13.1. The number of aliphatic hydroxyl groups is 1. The molecule has 0 amide bonds. The Morgan fingerprint density at radius 3 is 0.895 bits per heavy atom. The molecule has 0 saturated heterocycles. The fourth-order valence-corrected chi connectivity index (χ4v) is 5.75. The van der Waals surface area contributed by atoms with E-state index < -0.39 is 11.0 Å². The molecule has 1 N–H and O–H groups in total. The summed E-state index contributed by atoms with van der Waals surface area (Å²) in [5.74, 6) is 0. The van der Waals surface area contributed by atoms with Crippen molar-refractivity contribution in [3.8, 4) is 0 Å². The number of methoxy groups -OCH3 is 2.